The molecule has 0 spiro atoms. The number of benzene rings is 3. The average Bonchev–Trinajstić information content (AvgIpc) is 2.59. The molecule has 0 bridgehead atoms. The Morgan fingerprint density at radius 2 is 1.54 bits per heavy atom. The molecule has 122 valence electrons. The molecular weight excluding hydrogens is 327 g/mol. The minimum absolute atomic E-state index is 0.0233. The van der Waals surface area contributed by atoms with Crippen molar-refractivity contribution in [3.8, 4) is 0 Å². The predicted octanol–water partition coefficient (Wildman–Crippen LogP) is 4.03. The van der Waals surface area contributed by atoms with Crippen molar-refractivity contribution < 1.29 is 17.6 Å². The average molecular weight is 342 g/mol. The van der Waals surface area contributed by atoms with Crippen LogP contribution in [0.3, 0.4) is 0 Å². The summed E-state index contributed by atoms with van der Waals surface area (Å²) in [6.45, 7) is 0. The monoisotopic (exact) mass is 342 g/mol. The molecule has 5 heteroatoms. The molecule has 0 aliphatic carbocycles. The fraction of sp³-hybridized carbons (Fsp3) is 0.105. The number of fused-ring (bicyclic) bond motifs is 1. The van der Waals surface area contributed by atoms with Crippen LogP contribution in [0, 0.1) is 5.82 Å². The van der Waals surface area contributed by atoms with Crippen LogP contribution in [0.2, 0.25) is 0 Å². The molecule has 0 aliphatic rings. The Kier molecular flexibility index (Phi) is 4.44. The van der Waals surface area contributed by atoms with Crippen molar-refractivity contribution in [3.63, 3.8) is 0 Å². The third-order valence-electron chi connectivity index (χ3n) is 3.84. The largest absolute Gasteiger partial charge is 0.294 e. The summed E-state index contributed by atoms with van der Waals surface area (Å²) < 4.78 is 37.3. The summed E-state index contributed by atoms with van der Waals surface area (Å²) in [5.41, 5.74) is 0.489. The number of sulfone groups is 1. The molecule has 0 unspecified atom stereocenters. The maximum atomic E-state index is 12.9. The lowest BCUT2D eigenvalue weighted by atomic mass is 10.0. The van der Waals surface area contributed by atoms with Crippen molar-refractivity contribution in [2.75, 3.05) is 5.75 Å². The predicted molar refractivity (Wildman–Crippen MR) is 91.3 cm³/mol. The lowest BCUT2D eigenvalue weighted by Crippen LogP contribution is -2.11. The van der Waals surface area contributed by atoms with E-state index in [-0.39, 0.29) is 22.9 Å². The number of halogens is 1. The minimum atomic E-state index is -3.61. The quantitative estimate of drug-likeness (QED) is 0.520. The van der Waals surface area contributed by atoms with Gasteiger partial charge in [-0.15, -0.1) is 0 Å². The number of carbonyl (C=O) groups excluding carboxylic acids is 1. The molecule has 0 heterocycles. The number of hydrogen-bond acceptors (Lipinski definition) is 3. The zero-order valence-corrected chi connectivity index (χ0v) is 13.6. The summed E-state index contributed by atoms with van der Waals surface area (Å²) in [5, 5.41) is 1.96. The van der Waals surface area contributed by atoms with Gasteiger partial charge in [0.05, 0.1) is 10.6 Å². The molecule has 0 amide bonds. The van der Waals surface area contributed by atoms with Crippen molar-refractivity contribution >= 4 is 26.4 Å². The van der Waals surface area contributed by atoms with Crippen molar-refractivity contribution in [1.29, 1.82) is 0 Å². The van der Waals surface area contributed by atoms with E-state index in [9.17, 15) is 17.6 Å². The third-order valence-corrected chi connectivity index (χ3v) is 5.57. The number of Topliss-reactive ketones (excluding diaryl/α,β-unsaturated/α-hetero) is 1. The number of ketones is 1. The molecule has 0 aliphatic heterocycles. The van der Waals surface area contributed by atoms with Crippen LogP contribution in [0.4, 0.5) is 4.39 Å². The van der Waals surface area contributed by atoms with E-state index >= 15 is 0 Å². The Morgan fingerprint density at radius 1 is 0.875 bits per heavy atom. The van der Waals surface area contributed by atoms with Crippen LogP contribution in [-0.2, 0) is 9.84 Å². The van der Waals surface area contributed by atoms with Crippen molar-refractivity contribution in [3.05, 3.63) is 78.1 Å². The fourth-order valence-electron chi connectivity index (χ4n) is 2.49. The lowest BCUT2D eigenvalue weighted by molar-refractivity contribution is 0.0989. The molecule has 0 N–H and O–H groups in total. The zero-order chi connectivity index (χ0) is 17.2. The Morgan fingerprint density at radius 3 is 2.25 bits per heavy atom. The normalized spacial score (nSPS) is 11.5. The van der Waals surface area contributed by atoms with Crippen LogP contribution in [0.15, 0.2) is 71.6 Å². The highest BCUT2D eigenvalue weighted by Gasteiger charge is 2.17. The first-order valence-electron chi connectivity index (χ1n) is 7.46. The number of rotatable bonds is 5. The van der Waals surface area contributed by atoms with Gasteiger partial charge in [0.1, 0.15) is 5.82 Å². The summed E-state index contributed by atoms with van der Waals surface area (Å²) in [6, 6.07) is 17.6. The Balaban J connectivity index is 1.75. The maximum absolute atomic E-state index is 12.9. The van der Waals surface area contributed by atoms with E-state index in [1.165, 1.54) is 12.1 Å². The van der Waals surface area contributed by atoms with Gasteiger partial charge in [0.25, 0.3) is 0 Å². The number of hydrogen-bond donors (Lipinski definition) is 0. The molecule has 0 saturated carbocycles. The SMILES string of the molecule is O=C(CCS(=O)(=O)c1ccc(F)cc1)c1ccc2ccccc2c1. The maximum Gasteiger partial charge on any atom is 0.178 e. The molecule has 3 aromatic rings. The van der Waals surface area contributed by atoms with Crippen LogP contribution in [0.1, 0.15) is 16.8 Å². The van der Waals surface area contributed by atoms with E-state index in [0.717, 1.165) is 22.9 Å². The standard InChI is InChI=1S/C19H15FO3S/c20-17-7-9-18(10-8-17)24(22,23)12-11-19(21)16-6-5-14-3-1-2-4-15(14)13-16/h1-10,13H,11-12H2. The Hall–Kier alpha value is -2.53. The van der Waals surface area contributed by atoms with E-state index in [2.05, 4.69) is 0 Å². The molecule has 3 nitrogen and oxygen atoms in total. The van der Waals surface area contributed by atoms with Crippen molar-refractivity contribution in [1.82, 2.24) is 0 Å². The summed E-state index contributed by atoms with van der Waals surface area (Å²) in [4.78, 5) is 12.3. The summed E-state index contributed by atoms with van der Waals surface area (Å²) in [5.74, 6) is -1.03. The van der Waals surface area contributed by atoms with Crippen LogP contribution in [-0.4, -0.2) is 20.0 Å². The second kappa shape index (κ2) is 6.53. The number of carbonyl (C=O) groups is 1. The molecule has 0 fully saturated rings. The van der Waals surface area contributed by atoms with Crippen LogP contribution < -0.4 is 0 Å². The molecule has 0 radical (unpaired) electrons. The van der Waals surface area contributed by atoms with Crippen molar-refractivity contribution in [2.45, 2.75) is 11.3 Å². The van der Waals surface area contributed by atoms with Crippen molar-refractivity contribution in [2.24, 2.45) is 0 Å². The lowest BCUT2D eigenvalue weighted by Gasteiger charge is -2.05. The van der Waals surface area contributed by atoms with Gasteiger partial charge in [-0.25, -0.2) is 12.8 Å². The fourth-order valence-corrected chi connectivity index (χ4v) is 3.73. The molecule has 3 aromatic carbocycles. The van der Waals surface area contributed by atoms with Crippen LogP contribution >= 0.6 is 0 Å². The van der Waals surface area contributed by atoms with Crippen LogP contribution in [0.5, 0.6) is 0 Å². The minimum Gasteiger partial charge on any atom is -0.294 e. The van der Waals surface area contributed by atoms with E-state index in [1.54, 1.807) is 12.1 Å². The van der Waals surface area contributed by atoms with Gasteiger partial charge in [-0.1, -0.05) is 36.4 Å². The van der Waals surface area contributed by atoms with E-state index in [4.69, 9.17) is 0 Å². The highest BCUT2D eigenvalue weighted by molar-refractivity contribution is 7.91. The van der Waals surface area contributed by atoms with E-state index in [0.29, 0.717) is 5.56 Å². The van der Waals surface area contributed by atoms with Gasteiger partial charge in [-0.3, -0.25) is 4.79 Å². The first-order chi connectivity index (χ1) is 11.5. The second-order valence-corrected chi connectivity index (χ2v) is 7.62. The van der Waals surface area contributed by atoms with Gasteiger partial charge in [0, 0.05) is 12.0 Å². The summed E-state index contributed by atoms with van der Waals surface area (Å²) in [7, 11) is -3.61. The second-order valence-electron chi connectivity index (χ2n) is 5.51. The topological polar surface area (TPSA) is 51.2 Å². The molecule has 0 aromatic heterocycles. The summed E-state index contributed by atoms with van der Waals surface area (Å²) in [6.07, 6.45) is -0.113. The molecule has 0 saturated heterocycles. The van der Waals surface area contributed by atoms with Gasteiger partial charge in [-0.05, 0) is 41.1 Å². The first-order valence-corrected chi connectivity index (χ1v) is 9.11. The van der Waals surface area contributed by atoms with Gasteiger partial charge >= 0.3 is 0 Å². The Labute approximate surface area is 139 Å². The van der Waals surface area contributed by atoms with Gasteiger partial charge in [-0.2, -0.15) is 0 Å². The molecule has 0 atom stereocenters. The highest BCUT2D eigenvalue weighted by atomic mass is 32.2. The first kappa shape index (κ1) is 16.3. The summed E-state index contributed by atoms with van der Waals surface area (Å²) >= 11 is 0. The molecule has 24 heavy (non-hydrogen) atoms. The van der Waals surface area contributed by atoms with Crippen LogP contribution in [0.25, 0.3) is 10.8 Å². The van der Waals surface area contributed by atoms with E-state index < -0.39 is 15.7 Å². The Bertz CT molecular complexity index is 993. The zero-order valence-electron chi connectivity index (χ0n) is 12.8. The molecular formula is C19H15FO3S. The van der Waals surface area contributed by atoms with Gasteiger partial charge < -0.3 is 0 Å². The van der Waals surface area contributed by atoms with Gasteiger partial charge in [0.2, 0.25) is 0 Å². The smallest absolute Gasteiger partial charge is 0.178 e. The van der Waals surface area contributed by atoms with Gasteiger partial charge in [0.15, 0.2) is 15.6 Å². The molecule has 3 rings (SSSR count). The third kappa shape index (κ3) is 3.51. The highest BCUT2D eigenvalue weighted by Crippen LogP contribution is 2.18. The van der Waals surface area contributed by atoms with E-state index in [1.807, 2.05) is 30.3 Å².